The van der Waals surface area contributed by atoms with Crippen LogP contribution in [0.5, 0.6) is 0 Å². The largest absolute Gasteiger partial charge is 0.298 e. The second-order valence-corrected chi connectivity index (χ2v) is 5.36. The molecule has 1 atom stereocenters. The van der Waals surface area contributed by atoms with Crippen LogP contribution in [0.2, 0.25) is 0 Å². The van der Waals surface area contributed by atoms with Crippen molar-refractivity contribution in [2.24, 2.45) is 7.05 Å². The third-order valence-corrected chi connectivity index (χ3v) is 4.07. The molecule has 0 bridgehead atoms. The minimum absolute atomic E-state index is 0.0594. The van der Waals surface area contributed by atoms with E-state index in [4.69, 9.17) is 0 Å². The van der Waals surface area contributed by atoms with E-state index in [-0.39, 0.29) is 11.5 Å². The lowest BCUT2D eigenvalue weighted by molar-refractivity contribution is 0.582. The molecule has 1 unspecified atom stereocenters. The molecule has 2 heterocycles. The Balaban J connectivity index is 1.97. The fourth-order valence-corrected chi connectivity index (χ4v) is 2.75. The standard InChI is InChI=1S/C15H16N4OS/c1-18-14-13(7-17-18)15(20)19(10-16-14)8-12(9-21)11-5-3-2-4-6-11/h2-7,10,12,21H,8-9H2,1H3. The van der Waals surface area contributed by atoms with E-state index in [1.165, 1.54) is 5.56 Å². The summed E-state index contributed by atoms with van der Waals surface area (Å²) >= 11 is 4.42. The van der Waals surface area contributed by atoms with Gasteiger partial charge in [-0.1, -0.05) is 30.3 Å². The number of thiol groups is 1. The van der Waals surface area contributed by atoms with Crippen molar-refractivity contribution in [1.82, 2.24) is 19.3 Å². The summed E-state index contributed by atoms with van der Waals surface area (Å²) in [6.45, 7) is 0.560. The van der Waals surface area contributed by atoms with Crippen LogP contribution >= 0.6 is 12.6 Å². The summed E-state index contributed by atoms with van der Waals surface area (Å²) in [5.41, 5.74) is 1.72. The average molecular weight is 300 g/mol. The van der Waals surface area contributed by atoms with Crippen LogP contribution in [-0.2, 0) is 13.6 Å². The van der Waals surface area contributed by atoms with Crippen LogP contribution in [0.3, 0.4) is 0 Å². The zero-order valence-corrected chi connectivity index (χ0v) is 12.6. The fraction of sp³-hybridized carbons (Fsp3) is 0.267. The summed E-state index contributed by atoms with van der Waals surface area (Å²) in [6.07, 6.45) is 3.16. The molecule has 0 N–H and O–H groups in total. The summed E-state index contributed by atoms with van der Waals surface area (Å²) in [4.78, 5) is 16.8. The molecule has 0 amide bonds. The molecule has 6 heteroatoms. The van der Waals surface area contributed by atoms with E-state index in [0.29, 0.717) is 23.3 Å². The first kappa shape index (κ1) is 13.9. The van der Waals surface area contributed by atoms with Gasteiger partial charge in [0.25, 0.3) is 5.56 Å². The molecule has 0 saturated carbocycles. The fourth-order valence-electron chi connectivity index (χ4n) is 2.43. The third kappa shape index (κ3) is 2.58. The monoisotopic (exact) mass is 300 g/mol. The molecule has 2 aromatic heterocycles. The SMILES string of the molecule is Cn1ncc2c(=O)n(CC(CS)c3ccccc3)cnc21. The van der Waals surface area contributed by atoms with Crippen LogP contribution in [-0.4, -0.2) is 25.1 Å². The number of hydrogen-bond donors (Lipinski definition) is 1. The second kappa shape index (κ2) is 5.73. The molecule has 21 heavy (non-hydrogen) atoms. The summed E-state index contributed by atoms with van der Waals surface area (Å²) < 4.78 is 3.24. The van der Waals surface area contributed by atoms with E-state index in [9.17, 15) is 4.79 Å². The zero-order chi connectivity index (χ0) is 14.8. The van der Waals surface area contributed by atoms with Gasteiger partial charge in [-0.05, 0) is 11.3 Å². The Morgan fingerprint density at radius 2 is 2.05 bits per heavy atom. The Hall–Kier alpha value is -2.08. The van der Waals surface area contributed by atoms with Crippen LogP contribution in [0.25, 0.3) is 11.0 Å². The van der Waals surface area contributed by atoms with Gasteiger partial charge in [0, 0.05) is 19.5 Å². The molecular formula is C15H16N4OS. The van der Waals surface area contributed by atoms with Crippen LogP contribution in [0.1, 0.15) is 11.5 Å². The first-order valence-electron chi connectivity index (χ1n) is 6.73. The van der Waals surface area contributed by atoms with E-state index >= 15 is 0 Å². The zero-order valence-electron chi connectivity index (χ0n) is 11.7. The van der Waals surface area contributed by atoms with Crippen molar-refractivity contribution in [2.75, 3.05) is 5.75 Å². The van der Waals surface area contributed by atoms with E-state index in [1.54, 1.807) is 28.8 Å². The average Bonchev–Trinajstić information content (AvgIpc) is 2.90. The molecule has 0 saturated heterocycles. The Labute approximate surface area is 127 Å². The lowest BCUT2D eigenvalue weighted by Crippen LogP contribution is -2.24. The highest BCUT2D eigenvalue weighted by atomic mass is 32.1. The minimum atomic E-state index is -0.0594. The molecule has 1 aromatic carbocycles. The van der Waals surface area contributed by atoms with Gasteiger partial charge in [-0.3, -0.25) is 14.0 Å². The lowest BCUT2D eigenvalue weighted by Gasteiger charge is -2.16. The van der Waals surface area contributed by atoms with Gasteiger partial charge in [-0.15, -0.1) is 0 Å². The van der Waals surface area contributed by atoms with E-state index in [2.05, 4.69) is 34.8 Å². The van der Waals surface area contributed by atoms with Crippen molar-refractivity contribution < 1.29 is 0 Å². The molecule has 0 spiro atoms. The molecule has 0 aliphatic rings. The maximum atomic E-state index is 12.5. The highest BCUT2D eigenvalue weighted by Gasteiger charge is 2.14. The molecule has 0 radical (unpaired) electrons. The molecule has 0 aliphatic carbocycles. The van der Waals surface area contributed by atoms with Crippen LogP contribution < -0.4 is 5.56 Å². The third-order valence-electron chi connectivity index (χ3n) is 3.63. The van der Waals surface area contributed by atoms with Gasteiger partial charge in [0.15, 0.2) is 5.65 Å². The number of benzene rings is 1. The summed E-state index contributed by atoms with van der Waals surface area (Å²) in [5, 5.41) is 4.63. The highest BCUT2D eigenvalue weighted by Crippen LogP contribution is 2.18. The van der Waals surface area contributed by atoms with Gasteiger partial charge in [0.1, 0.15) is 5.39 Å². The first-order valence-corrected chi connectivity index (χ1v) is 7.37. The van der Waals surface area contributed by atoms with Gasteiger partial charge in [-0.25, -0.2) is 4.98 Å². The summed E-state index contributed by atoms with van der Waals surface area (Å²) in [7, 11) is 1.78. The number of aromatic nitrogens is 4. The van der Waals surface area contributed by atoms with Crippen molar-refractivity contribution in [3.8, 4) is 0 Å². The maximum absolute atomic E-state index is 12.5. The predicted octanol–water partition coefficient (Wildman–Crippen LogP) is 1.84. The predicted molar refractivity (Wildman–Crippen MR) is 85.8 cm³/mol. The van der Waals surface area contributed by atoms with E-state index < -0.39 is 0 Å². The molecule has 5 nitrogen and oxygen atoms in total. The van der Waals surface area contributed by atoms with Gasteiger partial charge in [-0.2, -0.15) is 17.7 Å². The van der Waals surface area contributed by atoms with Gasteiger partial charge in [0.05, 0.1) is 12.5 Å². The Kier molecular flexibility index (Phi) is 3.79. The summed E-state index contributed by atoms with van der Waals surface area (Å²) in [6, 6.07) is 10.1. The Morgan fingerprint density at radius 3 is 2.76 bits per heavy atom. The first-order chi connectivity index (χ1) is 10.2. The molecule has 0 aliphatic heterocycles. The number of hydrogen-bond acceptors (Lipinski definition) is 4. The van der Waals surface area contributed by atoms with Crippen molar-refractivity contribution in [3.05, 3.63) is 58.8 Å². The number of aryl methyl sites for hydroxylation is 1. The van der Waals surface area contributed by atoms with E-state index in [1.807, 2.05) is 18.2 Å². The Bertz CT molecular complexity index is 809. The van der Waals surface area contributed by atoms with Crippen molar-refractivity contribution in [3.63, 3.8) is 0 Å². The quantitative estimate of drug-likeness (QED) is 0.748. The van der Waals surface area contributed by atoms with Gasteiger partial charge < -0.3 is 0 Å². The second-order valence-electron chi connectivity index (χ2n) is 5.00. The smallest absolute Gasteiger partial charge is 0.264 e. The molecule has 3 aromatic rings. The normalized spacial score (nSPS) is 12.7. The maximum Gasteiger partial charge on any atom is 0.264 e. The van der Waals surface area contributed by atoms with Gasteiger partial charge >= 0.3 is 0 Å². The van der Waals surface area contributed by atoms with Crippen molar-refractivity contribution in [1.29, 1.82) is 0 Å². The highest BCUT2D eigenvalue weighted by molar-refractivity contribution is 7.80. The molecule has 3 rings (SSSR count). The lowest BCUT2D eigenvalue weighted by atomic mass is 10.0. The minimum Gasteiger partial charge on any atom is -0.298 e. The van der Waals surface area contributed by atoms with Gasteiger partial charge in [0.2, 0.25) is 0 Å². The molecule has 0 fully saturated rings. The number of nitrogens with zero attached hydrogens (tertiary/aromatic N) is 4. The summed E-state index contributed by atoms with van der Waals surface area (Å²) in [5.74, 6) is 0.838. The molecule has 108 valence electrons. The Morgan fingerprint density at radius 1 is 1.29 bits per heavy atom. The van der Waals surface area contributed by atoms with Crippen LogP contribution in [0, 0.1) is 0 Å². The van der Waals surface area contributed by atoms with Crippen LogP contribution in [0.4, 0.5) is 0 Å². The molecular weight excluding hydrogens is 284 g/mol. The van der Waals surface area contributed by atoms with Crippen molar-refractivity contribution >= 4 is 23.7 Å². The van der Waals surface area contributed by atoms with Crippen LogP contribution in [0.15, 0.2) is 47.7 Å². The van der Waals surface area contributed by atoms with Crippen molar-refractivity contribution in [2.45, 2.75) is 12.5 Å². The topological polar surface area (TPSA) is 52.7 Å². The number of rotatable bonds is 4. The number of fused-ring (bicyclic) bond motifs is 1. The van der Waals surface area contributed by atoms with E-state index in [0.717, 1.165) is 0 Å².